The van der Waals surface area contributed by atoms with Crippen molar-refractivity contribution < 1.29 is 23.7 Å². The number of methoxy groups -OCH3 is 5. The summed E-state index contributed by atoms with van der Waals surface area (Å²) in [4.78, 5) is 4.88. The first-order chi connectivity index (χ1) is 14.6. The lowest BCUT2D eigenvalue weighted by Gasteiger charge is -2.35. The minimum atomic E-state index is 0.640. The number of ether oxygens (including phenoxy) is 5. The fraction of sp³-hybridized carbons (Fsp3) is 0.478. The van der Waals surface area contributed by atoms with Crippen LogP contribution < -0.4 is 23.7 Å². The molecule has 1 fully saturated rings. The van der Waals surface area contributed by atoms with Gasteiger partial charge in [-0.1, -0.05) is 18.2 Å². The van der Waals surface area contributed by atoms with Crippen LogP contribution in [-0.4, -0.2) is 71.5 Å². The topological polar surface area (TPSA) is 52.6 Å². The number of benzene rings is 2. The van der Waals surface area contributed by atoms with Crippen molar-refractivity contribution in [3.05, 3.63) is 41.5 Å². The molecule has 0 aliphatic carbocycles. The zero-order valence-corrected chi connectivity index (χ0v) is 18.6. The standard InChI is InChI=1S/C23H32N2O5/c1-26-19-8-6-7-17(21(19)28-3)15-24-11-13-25(14-12-24)16-18-9-10-20(27-2)23(30-5)22(18)29-4/h6-10H,11-16H2,1-5H3. The maximum absolute atomic E-state index is 5.63. The monoisotopic (exact) mass is 416 g/mol. The lowest BCUT2D eigenvalue weighted by Crippen LogP contribution is -2.45. The van der Waals surface area contributed by atoms with E-state index in [4.69, 9.17) is 23.7 Å². The van der Waals surface area contributed by atoms with Crippen LogP contribution in [0.3, 0.4) is 0 Å². The van der Waals surface area contributed by atoms with Gasteiger partial charge < -0.3 is 23.7 Å². The fourth-order valence-corrected chi connectivity index (χ4v) is 3.95. The second kappa shape index (κ2) is 10.4. The molecule has 0 spiro atoms. The Kier molecular flexibility index (Phi) is 7.65. The van der Waals surface area contributed by atoms with Crippen molar-refractivity contribution in [2.24, 2.45) is 0 Å². The molecule has 0 unspecified atom stereocenters. The molecule has 7 heteroatoms. The van der Waals surface area contributed by atoms with Crippen LogP contribution in [0, 0.1) is 0 Å². The molecular formula is C23H32N2O5. The molecule has 1 aliphatic rings. The Hall–Kier alpha value is -2.64. The molecule has 2 aromatic rings. The van der Waals surface area contributed by atoms with Gasteiger partial charge in [0.15, 0.2) is 23.0 Å². The Labute approximate surface area is 179 Å². The SMILES string of the molecule is COc1cccc(CN2CCN(Cc3ccc(OC)c(OC)c3OC)CC2)c1OC. The van der Waals surface area contributed by atoms with Gasteiger partial charge in [-0.3, -0.25) is 9.80 Å². The first-order valence-corrected chi connectivity index (χ1v) is 10.1. The van der Waals surface area contributed by atoms with Gasteiger partial charge in [-0.05, 0) is 12.1 Å². The van der Waals surface area contributed by atoms with E-state index in [2.05, 4.69) is 15.9 Å². The third-order valence-corrected chi connectivity index (χ3v) is 5.52. The number of rotatable bonds is 9. The van der Waals surface area contributed by atoms with Gasteiger partial charge in [0.25, 0.3) is 0 Å². The van der Waals surface area contributed by atoms with Crippen molar-refractivity contribution in [2.45, 2.75) is 13.1 Å². The number of piperazine rings is 1. The summed E-state index contributed by atoms with van der Waals surface area (Å²) in [5.74, 6) is 3.64. The van der Waals surface area contributed by atoms with Crippen LogP contribution in [0.1, 0.15) is 11.1 Å². The second-order valence-electron chi connectivity index (χ2n) is 7.20. The normalized spacial score (nSPS) is 15.0. The molecule has 0 radical (unpaired) electrons. The van der Waals surface area contributed by atoms with Crippen molar-refractivity contribution in [3.63, 3.8) is 0 Å². The molecule has 30 heavy (non-hydrogen) atoms. The molecular weight excluding hydrogens is 384 g/mol. The summed E-state index contributed by atoms with van der Waals surface area (Å²) in [5.41, 5.74) is 2.24. The van der Waals surface area contributed by atoms with Crippen LogP contribution in [0.2, 0.25) is 0 Å². The molecule has 3 rings (SSSR count). The summed E-state index contributed by atoms with van der Waals surface area (Å²) >= 11 is 0. The van der Waals surface area contributed by atoms with E-state index in [-0.39, 0.29) is 0 Å². The van der Waals surface area contributed by atoms with E-state index in [0.29, 0.717) is 11.5 Å². The summed E-state index contributed by atoms with van der Waals surface area (Å²) < 4.78 is 27.5. The Balaban J connectivity index is 1.63. The predicted octanol–water partition coefficient (Wildman–Crippen LogP) is 3.05. The van der Waals surface area contributed by atoms with E-state index in [1.54, 1.807) is 35.5 Å². The molecule has 1 heterocycles. The highest BCUT2D eigenvalue weighted by molar-refractivity contribution is 5.55. The van der Waals surface area contributed by atoms with Crippen molar-refractivity contribution in [1.29, 1.82) is 0 Å². The third kappa shape index (κ3) is 4.74. The highest BCUT2D eigenvalue weighted by Gasteiger charge is 2.22. The second-order valence-corrected chi connectivity index (χ2v) is 7.20. The van der Waals surface area contributed by atoms with Crippen molar-refractivity contribution in [2.75, 3.05) is 61.7 Å². The van der Waals surface area contributed by atoms with Crippen LogP contribution >= 0.6 is 0 Å². The van der Waals surface area contributed by atoms with Crippen LogP contribution in [0.25, 0.3) is 0 Å². The maximum Gasteiger partial charge on any atom is 0.203 e. The molecule has 1 aliphatic heterocycles. The first kappa shape index (κ1) is 22.1. The number of para-hydroxylation sites is 1. The van der Waals surface area contributed by atoms with Gasteiger partial charge in [0.2, 0.25) is 5.75 Å². The summed E-state index contributed by atoms with van der Waals surface area (Å²) in [7, 11) is 8.29. The smallest absolute Gasteiger partial charge is 0.203 e. The van der Waals surface area contributed by atoms with Gasteiger partial charge in [0.05, 0.1) is 35.5 Å². The summed E-state index contributed by atoms with van der Waals surface area (Å²) in [6.45, 7) is 5.56. The molecule has 0 amide bonds. The van der Waals surface area contributed by atoms with E-state index < -0.39 is 0 Å². The van der Waals surface area contributed by atoms with Gasteiger partial charge in [-0.15, -0.1) is 0 Å². The molecule has 7 nitrogen and oxygen atoms in total. The Morgan fingerprint density at radius 2 is 1.07 bits per heavy atom. The van der Waals surface area contributed by atoms with Crippen LogP contribution in [-0.2, 0) is 13.1 Å². The molecule has 0 aromatic heterocycles. The van der Waals surface area contributed by atoms with Crippen molar-refractivity contribution >= 4 is 0 Å². The van der Waals surface area contributed by atoms with E-state index in [1.807, 2.05) is 24.3 Å². The average Bonchev–Trinajstić information content (AvgIpc) is 2.79. The minimum absolute atomic E-state index is 0.640. The van der Waals surface area contributed by atoms with Gasteiger partial charge in [0, 0.05) is 50.4 Å². The predicted molar refractivity (Wildman–Crippen MR) is 116 cm³/mol. The quantitative estimate of drug-likeness (QED) is 0.623. The van der Waals surface area contributed by atoms with Crippen molar-refractivity contribution in [3.8, 4) is 28.7 Å². The Morgan fingerprint density at radius 1 is 0.567 bits per heavy atom. The third-order valence-electron chi connectivity index (χ3n) is 5.52. The molecule has 164 valence electrons. The van der Waals surface area contributed by atoms with Gasteiger partial charge in [-0.2, -0.15) is 0 Å². The zero-order chi connectivity index (χ0) is 21.5. The van der Waals surface area contributed by atoms with Crippen LogP contribution in [0.15, 0.2) is 30.3 Å². The van der Waals surface area contributed by atoms with E-state index in [1.165, 1.54) is 0 Å². The Morgan fingerprint density at radius 3 is 1.57 bits per heavy atom. The maximum atomic E-state index is 5.63. The Bertz CT molecular complexity index is 835. The molecule has 0 saturated carbocycles. The number of nitrogens with zero attached hydrogens (tertiary/aromatic N) is 2. The molecule has 2 aromatic carbocycles. The molecule has 0 atom stereocenters. The highest BCUT2D eigenvalue weighted by Crippen LogP contribution is 2.40. The summed E-state index contributed by atoms with van der Waals surface area (Å²) in [6.07, 6.45) is 0. The first-order valence-electron chi connectivity index (χ1n) is 10.1. The molecule has 0 N–H and O–H groups in total. The van der Waals surface area contributed by atoms with Crippen LogP contribution in [0.4, 0.5) is 0 Å². The lowest BCUT2D eigenvalue weighted by atomic mass is 10.1. The molecule has 1 saturated heterocycles. The van der Waals surface area contributed by atoms with Crippen molar-refractivity contribution in [1.82, 2.24) is 9.80 Å². The highest BCUT2D eigenvalue weighted by atomic mass is 16.5. The summed E-state index contributed by atoms with van der Waals surface area (Å²) in [5, 5.41) is 0. The number of hydrogen-bond donors (Lipinski definition) is 0. The van der Waals surface area contributed by atoms with E-state index in [0.717, 1.165) is 67.6 Å². The molecule has 0 bridgehead atoms. The summed E-state index contributed by atoms with van der Waals surface area (Å²) in [6, 6.07) is 10.0. The largest absolute Gasteiger partial charge is 0.493 e. The van der Waals surface area contributed by atoms with Gasteiger partial charge in [0.1, 0.15) is 0 Å². The zero-order valence-electron chi connectivity index (χ0n) is 18.6. The van der Waals surface area contributed by atoms with Gasteiger partial charge >= 0.3 is 0 Å². The average molecular weight is 417 g/mol. The number of hydrogen-bond acceptors (Lipinski definition) is 7. The van der Waals surface area contributed by atoms with Gasteiger partial charge in [-0.25, -0.2) is 0 Å². The minimum Gasteiger partial charge on any atom is -0.493 e. The fourth-order valence-electron chi connectivity index (χ4n) is 3.95. The van der Waals surface area contributed by atoms with E-state index in [9.17, 15) is 0 Å². The van der Waals surface area contributed by atoms with Crippen LogP contribution in [0.5, 0.6) is 28.7 Å². The van der Waals surface area contributed by atoms with E-state index >= 15 is 0 Å². The lowest BCUT2D eigenvalue weighted by molar-refractivity contribution is 0.120.